The number of nitrogens with zero attached hydrogens (tertiary/aromatic N) is 4. The topological polar surface area (TPSA) is 256 Å². The van der Waals surface area contributed by atoms with Crippen molar-refractivity contribution in [3.63, 3.8) is 0 Å². The summed E-state index contributed by atoms with van der Waals surface area (Å²) in [6.07, 6.45) is 20.3. The number of amides is 3. The number of likely N-dealkylation sites (N-methyl/N-ethyl adjacent to an activating group) is 1. The second-order valence-corrected chi connectivity index (χ2v) is 27.1. The number of rotatable bonds is 23. The fourth-order valence-electron chi connectivity index (χ4n) is 14.7. The van der Waals surface area contributed by atoms with Crippen molar-refractivity contribution in [1.82, 2.24) is 20.1 Å². The SMILES string of the molecule is CC12CCCCC1CCC1C2CCC2(C)C(CCCC=O)CCC12.CC1=C(C)C(=O)C(C(C)(C)CC(=O)N(C)CCN(CCCC(=O)NCCCCC(N)C(=O)O)C(=O)Oc2ccc3nc(C4=NC(C(=O)O)CS4)sc3c2)=C(C)C1=O. The monoisotopic (exact) mass is 1160 g/mol. The number of aliphatic imine (C=N–C) groups is 1. The Bertz CT molecular complexity index is 2800. The third kappa shape index (κ3) is 14.7. The van der Waals surface area contributed by atoms with Crippen molar-refractivity contribution in [3.8, 4) is 5.75 Å². The molecule has 0 radical (unpaired) electrons. The summed E-state index contributed by atoms with van der Waals surface area (Å²) < 4.78 is 6.47. The number of aliphatic carboxylic acids is 2. The summed E-state index contributed by atoms with van der Waals surface area (Å²) in [7, 11) is 1.59. The molecule has 2 aromatic rings. The fourth-order valence-corrected chi connectivity index (χ4v) is 16.8. The molecule has 0 bridgehead atoms. The Kier molecular flexibility index (Phi) is 21.4. The standard InChI is InChI=1S/C39H50N6O10S2.C23H38O/c1-21-22(2)33(49)31(23(3)32(21)48)39(4,5)19-30(47)44(6)16-17-45(15-9-11-29(46)41-14-8-7-10-25(40)36(50)51)38(54)55-24-12-13-26-28(18-24)57-35(42-26)34-43-27(20-56-34)37(52)53;1-22-14-5-3-7-17(22)9-11-19-20-12-10-18(8-4-6-16-24)23(20,2)15-13-21(19)22/h12-13,18,25,27H,7-11,14-17,19-20,40H2,1-6H3,(H,41,46)(H,50,51)(H,52,53);16-21H,3-15H2,1-2H3. The number of thioether (sulfide) groups is 1. The number of carboxylic acids is 2. The maximum atomic E-state index is 13.6. The van der Waals surface area contributed by atoms with Gasteiger partial charge in [-0.15, -0.1) is 23.1 Å². The molecule has 8 rings (SSSR count). The van der Waals surface area contributed by atoms with Gasteiger partial charge in [0.2, 0.25) is 11.8 Å². The minimum atomic E-state index is -1.07. The van der Waals surface area contributed by atoms with Crippen molar-refractivity contribution in [1.29, 1.82) is 0 Å². The summed E-state index contributed by atoms with van der Waals surface area (Å²) in [6, 6.07) is 3.15. The van der Waals surface area contributed by atoms with Crippen molar-refractivity contribution in [2.75, 3.05) is 39.0 Å². The molecular formula is C62H88N6O11S2. The van der Waals surface area contributed by atoms with Crippen molar-refractivity contribution < 1.29 is 53.3 Å². The molecule has 1 aromatic carbocycles. The average Bonchev–Trinajstić information content (AvgIpc) is 4.41. The first-order chi connectivity index (χ1) is 38.4. The number of nitrogens with one attached hydrogen (secondary N) is 1. The van der Waals surface area contributed by atoms with Gasteiger partial charge < -0.3 is 40.6 Å². The van der Waals surface area contributed by atoms with Gasteiger partial charge in [-0.3, -0.25) is 29.0 Å². The van der Waals surface area contributed by atoms with Crippen LogP contribution < -0.4 is 15.8 Å². The van der Waals surface area contributed by atoms with E-state index in [2.05, 4.69) is 29.1 Å². The molecule has 1 aromatic heterocycles. The van der Waals surface area contributed by atoms with Gasteiger partial charge in [0.05, 0.1) is 10.2 Å². The number of aldehydes is 1. The highest BCUT2D eigenvalue weighted by molar-refractivity contribution is 8.15. The largest absolute Gasteiger partial charge is 0.480 e. The number of aromatic nitrogens is 1. The number of nitrogens with two attached hydrogens (primary N) is 1. The van der Waals surface area contributed by atoms with Crippen LogP contribution in [0.4, 0.5) is 4.79 Å². The summed E-state index contributed by atoms with van der Waals surface area (Å²) >= 11 is 2.61. The van der Waals surface area contributed by atoms with Crippen LogP contribution in [0.5, 0.6) is 5.75 Å². The van der Waals surface area contributed by atoms with Crippen LogP contribution in [0.1, 0.15) is 175 Å². The van der Waals surface area contributed by atoms with E-state index in [4.69, 9.17) is 15.6 Å². The summed E-state index contributed by atoms with van der Waals surface area (Å²) in [5.74, 6) is 2.47. The average molecular weight is 1160 g/mol. The number of carbonyl (C=O) groups is 8. The number of Topliss-reactive ketones (excluding diaryl/α,β-unsaturated/α-hetero) is 2. The molecule has 0 spiro atoms. The van der Waals surface area contributed by atoms with Crippen LogP contribution in [-0.4, -0.2) is 129 Å². The molecule has 81 heavy (non-hydrogen) atoms. The number of unbranched alkanes of at least 4 members (excludes halogenated alkanes) is 2. The van der Waals surface area contributed by atoms with Crippen LogP contribution in [0.2, 0.25) is 0 Å². The summed E-state index contributed by atoms with van der Waals surface area (Å²) in [4.78, 5) is 110. The van der Waals surface area contributed by atoms with Crippen molar-refractivity contribution in [3.05, 3.63) is 45.5 Å². The third-order valence-electron chi connectivity index (χ3n) is 19.6. The van der Waals surface area contributed by atoms with Crippen molar-refractivity contribution >= 4 is 86.1 Å². The minimum Gasteiger partial charge on any atom is -0.480 e. The molecule has 17 nitrogen and oxygen atoms in total. The van der Waals surface area contributed by atoms with Crippen molar-refractivity contribution in [2.45, 2.75) is 183 Å². The summed E-state index contributed by atoms with van der Waals surface area (Å²) in [5.41, 5.74) is 7.88. The van der Waals surface area contributed by atoms with E-state index in [1.807, 2.05) is 0 Å². The molecule has 19 heteroatoms. The molecule has 1 aliphatic heterocycles. The smallest absolute Gasteiger partial charge is 0.415 e. The van der Waals surface area contributed by atoms with Crippen LogP contribution in [-0.2, 0) is 33.6 Å². The van der Waals surface area contributed by atoms with E-state index >= 15 is 0 Å². The maximum Gasteiger partial charge on any atom is 0.415 e. The van der Waals surface area contributed by atoms with E-state index < -0.39 is 35.5 Å². The van der Waals surface area contributed by atoms with Gasteiger partial charge in [-0.2, -0.15) is 0 Å². The number of allylic oxidation sites excluding steroid dienone is 4. The Labute approximate surface area is 486 Å². The van der Waals surface area contributed by atoms with Gasteiger partial charge in [0.25, 0.3) is 0 Å². The van der Waals surface area contributed by atoms with Gasteiger partial charge in [0.15, 0.2) is 17.6 Å². The van der Waals surface area contributed by atoms with Gasteiger partial charge in [0.1, 0.15) is 28.1 Å². The molecule has 5 aliphatic carbocycles. The molecule has 2 heterocycles. The lowest BCUT2D eigenvalue weighted by molar-refractivity contribution is -0.139. The van der Waals surface area contributed by atoms with E-state index in [9.17, 15) is 43.5 Å². The predicted molar refractivity (Wildman–Crippen MR) is 316 cm³/mol. The molecule has 5 N–H and O–H groups in total. The van der Waals surface area contributed by atoms with Crippen LogP contribution in [0.3, 0.4) is 0 Å². The first-order valence-electron chi connectivity index (χ1n) is 29.6. The Balaban J connectivity index is 0.000000323. The van der Waals surface area contributed by atoms with Gasteiger partial charge in [-0.25, -0.2) is 14.6 Å². The van der Waals surface area contributed by atoms with Crippen LogP contribution in [0, 0.1) is 45.8 Å². The normalized spacial score (nSPS) is 26.6. The van der Waals surface area contributed by atoms with Gasteiger partial charge in [-0.05, 0) is 163 Å². The number of fused-ring (bicyclic) bond motifs is 6. The molecule has 4 fully saturated rings. The van der Waals surface area contributed by atoms with E-state index in [-0.39, 0.29) is 68.0 Å². The zero-order chi connectivity index (χ0) is 59.0. The second kappa shape index (κ2) is 27.4. The third-order valence-corrected chi connectivity index (χ3v) is 21.8. The lowest BCUT2D eigenvalue weighted by atomic mass is 9.45. The number of thiazole rings is 1. The van der Waals surface area contributed by atoms with Gasteiger partial charge >= 0.3 is 18.0 Å². The molecular weight excluding hydrogens is 1070 g/mol. The second-order valence-electron chi connectivity index (χ2n) is 25.1. The number of hydrogen-bond acceptors (Lipinski definition) is 14. The Morgan fingerprint density at radius 2 is 1.63 bits per heavy atom. The first kappa shape index (κ1) is 63.3. The highest BCUT2D eigenvalue weighted by Gasteiger charge is 2.59. The number of carboxylic acid groups (broad SMARTS) is 2. The zero-order valence-corrected chi connectivity index (χ0v) is 50.7. The van der Waals surface area contributed by atoms with Gasteiger partial charge in [0, 0.05) is 92.0 Å². The molecule has 9 atom stereocenters. The van der Waals surface area contributed by atoms with Gasteiger partial charge in [-0.1, -0.05) is 40.5 Å². The molecule has 3 amide bonds. The van der Waals surface area contributed by atoms with E-state index in [0.29, 0.717) is 85.0 Å². The highest BCUT2D eigenvalue weighted by atomic mass is 32.2. The van der Waals surface area contributed by atoms with E-state index in [0.717, 1.165) is 48.7 Å². The number of carbonyl (C=O) groups excluding carboxylic acids is 6. The number of ketones is 2. The minimum absolute atomic E-state index is 0.0574. The lowest BCUT2D eigenvalue weighted by Gasteiger charge is -2.60. The van der Waals surface area contributed by atoms with Crippen LogP contribution >= 0.6 is 23.1 Å². The molecule has 9 unspecified atom stereocenters. The maximum absolute atomic E-state index is 13.6. The number of hydrogen-bond donors (Lipinski definition) is 4. The Morgan fingerprint density at radius 3 is 2.35 bits per heavy atom. The first-order valence-corrected chi connectivity index (χ1v) is 31.4. The number of ether oxygens (including phenoxy) is 1. The van der Waals surface area contributed by atoms with Crippen LogP contribution in [0.15, 0.2) is 45.5 Å². The molecule has 4 saturated carbocycles. The van der Waals surface area contributed by atoms with E-state index in [1.54, 1.807) is 59.9 Å². The van der Waals surface area contributed by atoms with Crippen LogP contribution in [0.25, 0.3) is 10.2 Å². The quantitative estimate of drug-likeness (QED) is 0.0459. The molecule has 444 valence electrons. The Hall–Kier alpha value is -5.27. The fraction of sp³-hybridized carbons (Fsp3) is 0.677. The molecule has 0 saturated heterocycles. The Morgan fingerprint density at radius 1 is 0.889 bits per heavy atom. The predicted octanol–water partition coefficient (Wildman–Crippen LogP) is 10.6. The molecule has 6 aliphatic rings. The number of benzene rings is 1. The lowest BCUT2D eigenvalue weighted by Crippen LogP contribution is -2.52. The summed E-state index contributed by atoms with van der Waals surface area (Å²) in [5, 5.41) is 22.1. The van der Waals surface area contributed by atoms with E-state index in [1.165, 1.54) is 104 Å². The summed E-state index contributed by atoms with van der Waals surface area (Å²) in [6.45, 7) is 14.3. The zero-order valence-electron chi connectivity index (χ0n) is 49.1. The highest BCUT2D eigenvalue weighted by Crippen LogP contribution is 2.68. The van der Waals surface area contributed by atoms with Crippen molar-refractivity contribution in [2.24, 2.45) is 56.6 Å².